The van der Waals surface area contributed by atoms with Crippen molar-refractivity contribution in [1.82, 2.24) is 4.90 Å². The van der Waals surface area contributed by atoms with E-state index in [-0.39, 0.29) is 5.82 Å². The minimum atomic E-state index is -1.17. The molecule has 2 nitrogen and oxygen atoms in total. The second-order valence-corrected chi connectivity index (χ2v) is 5.29. The first kappa shape index (κ1) is 14.7. The van der Waals surface area contributed by atoms with Crippen molar-refractivity contribution in [3.63, 3.8) is 0 Å². The average Bonchev–Trinajstić information content (AvgIpc) is 2.45. The van der Waals surface area contributed by atoms with Gasteiger partial charge in [-0.25, -0.2) is 4.39 Å². The number of halogens is 1. The smallest absolute Gasteiger partial charge is 0.123 e. The lowest BCUT2D eigenvalue weighted by Crippen LogP contribution is -2.31. The van der Waals surface area contributed by atoms with Gasteiger partial charge >= 0.3 is 0 Å². The van der Waals surface area contributed by atoms with Crippen molar-refractivity contribution in [2.45, 2.75) is 12.0 Å². The van der Waals surface area contributed by atoms with Gasteiger partial charge in [-0.1, -0.05) is 42.5 Å². The number of hydrogen-bond donors (Lipinski definition) is 1. The zero-order valence-electron chi connectivity index (χ0n) is 11.9. The van der Waals surface area contributed by atoms with Crippen LogP contribution in [0.25, 0.3) is 0 Å². The molecule has 2 aromatic carbocycles. The van der Waals surface area contributed by atoms with Crippen LogP contribution in [0.2, 0.25) is 0 Å². The van der Waals surface area contributed by atoms with E-state index in [1.54, 1.807) is 12.1 Å². The van der Waals surface area contributed by atoms with E-state index in [1.807, 2.05) is 49.3 Å². The van der Waals surface area contributed by atoms with Gasteiger partial charge in [0.15, 0.2) is 0 Å². The van der Waals surface area contributed by atoms with Crippen LogP contribution in [-0.2, 0) is 5.60 Å². The van der Waals surface area contributed by atoms with Gasteiger partial charge in [-0.3, -0.25) is 0 Å². The Morgan fingerprint density at radius 1 is 1.00 bits per heavy atom. The lowest BCUT2D eigenvalue weighted by atomic mass is 9.83. The summed E-state index contributed by atoms with van der Waals surface area (Å²) in [5, 5.41) is 11.1. The van der Waals surface area contributed by atoms with E-state index in [2.05, 4.69) is 0 Å². The van der Waals surface area contributed by atoms with Gasteiger partial charge in [0.1, 0.15) is 11.4 Å². The predicted octanol–water partition coefficient (Wildman–Crippen LogP) is 3.01. The molecule has 0 saturated carbocycles. The molecule has 2 aromatic rings. The van der Waals surface area contributed by atoms with Crippen LogP contribution in [0.3, 0.4) is 0 Å². The second-order valence-electron chi connectivity index (χ2n) is 5.29. The Bertz CT molecular complexity index is 556. The van der Waals surface area contributed by atoms with Crippen LogP contribution in [0.15, 0.2) is 54.6 Å². The molecule has 2 rings (SSSR count). The molecule has 0 bridgehead atoms. The normalized spacial score (nSPS) is 14.2. The molecule has 1 unspecified atom stereocenters. The van der Waals surface area contributed by atoms with Crippen molar-refractivity contribution in [2.75, 3.05) is 20.6 Å². The van der Waals surface area contributed by atoms with Crippen LogP contribution in [-0.4, -0.2) is 30.6 Å². The summed E-state index contributed by atoms with van der Waals surface area (Å²) in [5.41, 5.74) is 0.200. The Morgan fingerprint density at radius 3 is 2.25 bits per heavy atom. The van der Waals surface area contributed by atoms with Gasteiger partial charge in [-0.05, 0) is 43.8 Å². The largest absolute Gasteiger partial charge is 0.380 e. The molecule has 3 heteroatoms. The Kier molecular flexibility index (Phi) is 4.53. The lowest BCUT2D eigenvalue weighted by molar-refractivity contribution is 0.0626. The van der Waals surface area contributed by atoms with Gasteiger partial charge in [-0.2, -0.15) is 0 Å². The number of rotatable bonds is 5. The molecule has 0 aliphatic carbocycles. The standard InChI is InChI=1S/C17H20FNO/c1-19(2)12-11-17(20,14-7-4-3-5-8-14)15-9-6-10-16(18)13-15/h3-10,13,20H,11-12H2,1-2H3. The molecule has 106 valence electrons. The zero-order chi connectivity index (χ0) is 14.6. The van der Waals surface area contributed by atoms with E-state index in [1.165, 1.54) is 12.1 Å². The minimum absolute atomic E-state index is 0.332. The van der Waals surface area contributed by atoms with Crippen molar-refractivity contribution in [3.8, 4) is 0 Å². The monoisotopic (exact) mass is 273 g/mol. The van der Waals surface area contributed by atoms with Crippen molar-refractivity contribution in [1.29, 1.82) is 0 Å². The molecule has 0 aliphatic heterocycles. The summed E-state index contributed by atoms with van der Waals surface area (Å²) in [4.78, 5) is 2.01. The fraction of sp³-hybridized carbons (Fsp3) is 0.294. The maximum absolute atomic E-state index is 13.5. The van der Waals surface area contributed by atoms with Crippen LogP contribution in [0.4, 0.5) is 4.39 Å². The van der Waals surface area contributed by atoms with Crippen molar-refractivity contribution in [2.24, 2.45) is 0 Å². The third-order valence-corrected chi connectivity index (χ3v) is 3.47. The summed E-state index contributed by atoms with van der Waals surface area (Å²) in [7, 11) is 3.91. The quantitative estimate of drug-likeness (QED) is 0.905. The van der Waals surface area contributed by atoms with Crippen molar-refractivity contribution < 1.29 is 9.50 Å². The first-order valence-electron chi connectivity index (χ1n) is 6.71. The summed E-state index contributed by atoms with van der Waals surface area (Å²) in [6, 6.07) is 15.6. The molecule has 0 radical (unpaired) electrons. The summed E-state index contributed by atoms with van der Waals surface area (Å²) >= 11 is 0. The molecule has 1 atom stereocenters. The topological polar surface area (TPSA) is 23.5 Å². The zero-order valence-corrected chi connectivity index (χ0v) is 11.9. The Hall–Kier alpha value is -1.71. The van der Waals surface area contributed by atoms with Gasteiger partial charge in [0.25, 0.3) is 0 Å². The molecular weight excluding hydrogens is 253 g/mol. The number of hydrogen-bond acceptors (Lipinski definition) is 2. The lowest BCUT2D eigenvalue weighted by Gasteiger charge is -2.30. The van der Waals surface area contributed by atoms with Gasteiger partial charge in [0, 0.05) is 6.54 Å². The maximum Gasteiger partial charge on any atom is 0.123 e. The highest BCUT2D eigenvalue weighted by molar-refractivity contribution is 5.36. The number of nitrogens with zero attached hydrogens (tertiary/aromatic N) is 1. The van der Waals surface area contributed by atoms with Crippen molar-refractivity contribution >= 4 is 0 Å². The Morgan fingerprint density at radius 2 is 1.65 bits per heavy atom. The molecule has 0 saturated heterocycles. The molecule has 0 aliphatic rings. The average molecular weight is 273 g/mol. The second kappa shape index (κ2) is 6.16. The molecule has 0 amide bonds. The van der Waals surface area contributed by atoms with Gasteiger partial charge in [0.05, 0.1) is 0 Å². The highest BCUT2D eigenvalue weighted by atomic mass is 19.1. The van der Waals surface area contributed by atoms with Crippen LogP contribution in [0.5, 0.6) is 0 Å². The predicted molar refractivity (Wildman–Crippen MR) is 79.0 cm³/mol. The maximum atomic E-state index is 13.5. The van der Waals surface area contributed by atoms with E-state index in [0.29, 0.717) is 18.5 Å². The van der Waals surface area contributed by atoms with E-state index in [4.69, 9.17) is 0 Å². The highest BCUT2D eigenvalue weighted by Gasteiger charge is 2.31. The van der Waals surface area contributed by atoms with E-state index in [9.17, 15) is 9.50 Å². The summed E-state index contributed by atoms with van der Waals surface area (Å²) in [5.74, 6) is -0.332. The van der Waals surface area contributed by atoms with Crippen LogP contribution in [0.1, 0.15) is 17.5 Å². The van der Waals surface area contributed by atoms with Crippen LogP contribution in [0, 0.1) is 5.82 Å². The molecule has 0 aromatic heterocycles. The van der Waals surface area contributed by atoms with Crippen molar-refractivity contribution in [3.05, 3.63) is 71.5 Å². The summed E-state index contributed by atoms with van der Waals surface area (Å²) in [6.07, 6.45) is 0.507. The molecular formula is C17H20FNO. The first-order chi connectivity index (χ1) is 9.52. The Labute approximate surface area is 119 Å². The molecule has 20 heavy (non-hydrogen) atoms. The summed E-state index contributed by atoms with van der Waals surface area (Å²) < 4.78 is 13.5. The third-order valence-electron chi connectivity index (χ3n) is 3.47. The molecule has 1 N–H and O–H groups in total. The first-order valence-corrected chi connectivity index (χ1v) is 6.71. The highest BCUT2D eigenvalue weighted by Crippen LogP contribution is 2.33. The molecule has 0 heterocycles. The Balaban J connectivity index is 2.43. The third kappa shape index (κ3) is 3.24. The molecule has 0 fully saturated rings. The van der Waals surface area contributed by atoms with Crippen LogP contribution < -0.4 is 0 Å². The van der Waals surface area contributed by atoms with Gasteiger partial charge < -0.3 is 10.0 Å². The van der Waals surface area contributed by atoms with E-state index >= 15 is 0 Å². The fourth-order valence-corrected chi connectivity index (χ4v) is 2.30. The van der Waals surface area contributed by atoms with E-state index < -0.39 is 5.60 Å². The fourth-order valence-electron chi connectivity index (χ4n) is 2.30. The van der Waals surface area contributed by atoms with Crippen LogP contribution >= 0.6 is 0 Å². The summed E-state index contributed by atoms with van der Waals surface area (Å²) in [6.45, 7) is 0.710. The van der Waals surface area contributed by atoms with Gasteiger partial charge in [0.2, 0.25) is 0 Å². The minimum Gasteiger partial charge on any atom is -0.380 e. The SMILES string of the molecule is CN(C)CCC(O)(c1ccccc1)c1cccc(F)c1. The number of benzene rings is 2. The molecule has 0 spiro atoms. The number of aliphatic hydroxyl groups is 1. The van der Waals surface area contributed by atoms with E-state index in [0.717, 1.165) is 5.56 Å². The van der Waals surface area contributed by atoms with Gasteiger partial charge in [-0.15, -0.1) is 0 Å².